The molecule has 0 N–H and O–H groups in total. The average molecular weight is 303 g/mol. The van der Waals surface area contributed by atoms with Crippen molar-refractivity contribution in [1.82, 2.24) is 0 Å². The number of halogens is 8. The van der Waals surface area contributed by atoms with Crippen molar-refractivity contribution in [1.29, 1.82) is 0 Å². The number of ether oxygens (including phenoxy) is 1. The fourth-order valence-corrected chi connectivity index (χ4v) is 0.825. The molecule has 0 aliphatic heterocycles. The quantitative estimate of drug-likeness (QED) is 0.336. The molecular weight excluding hydrogens is 297 g/mol. The highest BCUT2D eigenvalue weighted by Gasteiger charge is 2.73. The summed E-state index contributed by atoms with van der Waals surface area (Å²) in [5.74, 6) is -17.0. The third-order valence-corrected chi connectivity index (χ3v) is 1.82. The molecule has 18 heavy (non-hydrogen) atoms. The van der Waals surface area contributed by atoms with Crippen LogP contribution in [0, 0.1) is 0 Å². The van der Waals surface area contributed by atoms with Gasteiger partial charge in [-0.3, -0.25) is 0 Å². The zero-order valence-electron chi connectivity index (χ0n) is 8.62. The SMILES string of the molecule is CCOC(=O)/C=C(/F)C(F)(F)C(F)(F)C(F)(F)Cl. The van der Waals surface area contributed by atoms with Gasteiger partial charge >= 0.3 is 23.2 Å². The molecule has 0 heterocycles. The van der Waals surface area contributed by atoms with Gasteiger partial charge in [0.25, 0.3) is 0 Å². The van der Waals surface area contributed by atoms with Gasteiger partial charge in [0.05, 0.1) is 12.7 Å². The van der Waals surface area contributed by atoms with Gasteiger partial charge < -0.3 is 4.74 Å². The second kappa shape index (κ2) is 5.33. The van der Waals surface area contributed by atoms with Crippen molar-refractivity contribution in [3.05, 3.63) is 11.9 Å². The minimum atomic E-state index is -6.21. The van der Waals surface area contributed by atoms with Crippen LogP contribution in [-0.4, -0.2) is 29.8 Å². The number of carbonyl (C=O) groups is 1. The number of hydrogen-bond acceptors (Lipinski definition) is 2. The molecular formula is C8H6ClF7O2. The van der Waals surface area contributed by atoms with Gasteiger partial charge in [-0.2, -0.15) is 26.3 Å². The topological polar surface area (TPSA) is 26.3 Å². The lowest BCUT2D eigenvalue weighted by Gasteiger charge is -2.27. The van der Waals surface area contributed by atoms with E-state index in [0.29, 0.717) is 0 Å². The Balaban J connectivity index is 5.33. The van der Waals surface area contributed by atoms with Crippen LogP contribution in [0.4, 0.5) is 30.7 Å². The molecule has 106 valence electrons. The zero-order chi connectivity index (χ0) is 14.8. The first kappa shape index (κ1) is 17.0. The summed E-state index contributed by atoms with van der Waals surface area (Å²) in [6.45, 7) is 0.875. The predicted molar refractivity (Wildman–Crippen MR) is 46.5 cm³/mol. The maximum Gasteiger partial charge on any atom is 0.393 e. The molecule has 0 saturated heterocycles. The molecule has 0 rings (SSSR count). The Morgan fingerprint density at radius 3 is 2.00 bits per heavy atom. The van der Waals surface area contributed by atoms with E-state index in [9.17, 15) is 35.5 Å². The van der Waals surface area contributed by atoms with Gasteiger partial charge in [0, 0.05) is 0 Å². The van der Waals surface area contributed by atoms with Gasteiger partial charge in [-0.15, -0.1) is 0 Å². The Hall–Kier alpha value is -0.990. The van der Waals surface area contributed by atoms with Crippen LogP contribution in [0.25, 0.3) is 0 Å². The lowest BCUT2D eigenvalue weighted by molar-refractivity contribution is -0.269. The van der Waals surface area contributed by atoms with Crippen LogP contribution in [0.15, 0.2) is 11.9 Å². The Morgan fingerprint density at radius 2 is 1.67 bits per heavy atom. The highest BCUT2D eigenvalue weighted by Crippen LogP contribution is 2.51. The summed E-state index contributed by atoms with van der Waals surface area (Å²) < 4.78 is 91.3. The van der Waals surface area contributed by atoms with E-state index in [2.05, 4.69) is 16.3 Å². The summed E-state index contributed by atoms with van der Waals surface area (Å²) in [6, 6.07) is 0. The molecule has 0 aromatic heterocycles. The maximum absolute atomic E-state index is 12.7. The van der Waals surface area contributed by atoms with Gasteiger partial charge in [0.1, 0.15) is 0 Å². The highest BCUT2D eigenvalue weighted by molar-refractivity contribution is 6.22. The van der Waals surface area contributed by atoms with E-state index in [1.165, 1.54) is 6.92 Å². The maximum atomic E-state index is 12.7. The molecule has 10 heteroatoms. The van der Waals surface area contributed by atoms with Crippen molar-refractivity contribution in [2.24, 2.45) is 0 Å². The van der Waals surface area contributed by atoms with E-state index in [0.717, 1.165) is 0 Å². The molecule has 0 aromatic rings. The van der Waals surface area contributed by atoms with Gasteiger partial charge in [-0.25, -0.2) is 9.18 Å². The molecule has 0 saturated carbocycles. The van der Waals surface area contributed by atoms with E-state index in [-0.39, 0.29) is 6.61 Å². The minimum absolute atomic E-state index is 0.351. The third kappa shape index (κ3) is 3.27. The van der Waals surface area contributed by atoms with Crippen LogP contribution < -0.4 is 0 Å². The van der Waals surface area contributed by atoms with Crippen LogP contribution in [0.1, 0.15) is 6.92 Å². The largest absolute Gasteiger partial charge is 0.463 e. The number of hydrogen-bond donors (Lipinski definition) is 0. The number of alkyl halides is 7. The summed E-state index contributed by atoms with van der Waals surface area (Å²) in [6.07, 6.45) is -0.653. The van der Waals surface area contributed by atoms with Crippen molar-refractivity contribution >= 4 is 17.6 Å². The molecule has 0 fully saturated rings. The Morgan fingerprint density at radius 1 is 1.22 bits per heavy atom. The van der Waals surface area contributed by atoms with E-state index in [1.54, 1.807) is 0 Å². The smallest absolute Gasteiger partial charge is 0.393 e. The average Bonchev–Trinajstić information content (AvgIpc) is 2.15. The van der Waals surface area contributed by atoms with E-state index < -0.39 is 35.1 Å². The molecule has 0 aliphatic rings. The van der Waals surface area contributed by atoms with Crippen LogP contribution in [0.5, 0.6) is 0 Å². The summed E-state index contributed by atoms with van der Waals surface area (Å²) in [5, 5.41) is -5.70. The van der Waals surface area contributed by atoms with Crippen molar-refractivity contribution < 1.29 is 40.3 Å². The molecule has 0 radical (unpaired) electrons. The lowest BCUT2D eigenvalue weighted by Crippen LogP contribution is -2.51. The summed E-state index contributed by atoms with van der Waals surface area (Å²) in [5.41, 5.74) is 0. The summed E-state index contributed by atoms with van der Waals surface area (Å²) >= 11 is 3.78. The monoisotopic (exact) mass is 302 g/mol. The fraction of sp³-hybridized carbons (Fsp3) is 0.625. The van der Waals surface area contributed by atoms with Gasteiger partial charge in [0.15, 0.2) is 5.83 Å². The Kier molecular flexibility index (Phi) is 5.04. The molecule has 0 amide bonds. The van der Waals surface area contributed by atoms with Crippen molar-refractivity contribution in [2.45, 2.75) is 24.2 Å². The molecule has 0 aliphatic carbocycles. The second-order valence-corrected chi connectivity index (χ2v) is 3.37. The molecule has 0 atom stereocenters. The van der Waals surface area contributed by atoms with Crippen LogP contribution in [-0.2, 0) is 9.53 Å². The molecule has 2 nitrogen and oxygen atoms in total. The first-order chi connectivity index (χ1) is 7.88. The van der Waals surface area contributed by atoms with E-state index >= 15 is 0 Å². The lowest BCUT2D eigenvalue weighted by atomic mass is 10.1. The predicted octanol–water partition coefficient (Wildman–Crippen LogP) is 3.51. The Bertz CT molecular complexity index is 348. The summed E-state index contributed by atoms with van der Waals surface area (Å²) in [4.78, 5) is 10.5. The van der Waals surface area contributed by atoms with Gasteiger partial charge in [-0.05, 0) is 18.5 Å². The molecule has 0 aromatic carbocycles. The van der Waals surface area contributed by atoms with E-state index in [4.69, 9.17) is 0 Å². The number of allylic oxidation sites excluding steroid dienone is 1. The van der Waals surface area contributed by atoms with Crippen LogP contribution >= 0.6 is 11.6 Å². The van der Waals surface area contributed by atoms with Gasteiger partial charge in [0.2, 0.25) is 0 Å². The number of rotatable bonds is 5. The van der Waals surface area contributed by atoms with Crippen LogP contribution in [0.2, 0.25) is 0 Å². The second-order valence-electron chi connectivity index (χ2n) is 2.89. The van der Waals surface area contributed by atoms with Crippen molar-refractivity contribution in [3.63, 3.8) is 0 Å². The highest BCUT2D eigenvalue weighted by atomic mass is 35.5. The van der Waals surface area contributed by atoms with Gasteiger partial charge in [-0.1, -0.05) is 0 Å². The van der Waals surface area contributed by atoms with Crippen LogP contribution in [0.3, 0.4) is 0 Å². The third-order valence-electron chi connectivity index (χ3n) is 1.58. The zero-order valence-corrected chi connectivity index (χ0v) is 9.38. The van der Waals surface area contributed by atoms with Crippen molar-refractivity contribution in [2.75, 3.05) is 6.61 Å². The number of carbonyl (C=O) groups excluding carboxylic acids is 1. The molecule has 0 unspecified atom stereocenters. The summed E-state index contributed by atoms with van der Waals surface area (Å²) in [7, 11) is 0. The van der Waals surface area contributed by atoms with Crippen molar-refractivity contribution in [3.8, 4) is 0 Å². The Labute approximate surface area is 101 Å². The standard InChI is InChI=1S/C8H6ClF7O2/c1-2-18-5(17)3-4(10)6(11,12)7(13,14)8(9,15)16/h3H,2H2,1H3/b4-3+. The molecule has 0 bridgehead atoms. The molecule has 0 spiro atoms. The minimum Gasteiger partial charge on any atom is -0.463 e. The first-order valence-electron chi connectivity index (χ1n) is 4.24. The fourth-order valence-electron chi connectivity index (χ4n) is 0.706. The van der Waals surface area contributed by atoms with E-state index in [1.807, 2.05) is 0 Å². The number of esters is 1. The normalized spacial score (nSPS) is 14.6. The first-order valence-corrected chi connectivity index (χ1v) is 4.62.